The van der Waals surface area contributed by atoms with Gasteiger partial charge in [-0.15, -0.1) is 10.2 Å². The fourth-order valence-electron chi connectivity index (χ4n) is 3.25. The zero-order chi connectivity index (χ0) is 18.5. The van der Waals surface area contributed by atoms with E-state index >= 15 is 0 Å². The van der Waals surface area contributed by atoms with E-state index < -0.39 is 0 Å². The molecule has 0 N–H and O–H groups in total. The number of amides is 1. The third-order valence-electron chi connectivity index (χ3n) is 4.82. The van der Waals surface area contributed by atoms with Gasteiger partial charge in [-0.1, -0.05) is 0 Å². The Bertz CT molecular complexity index is 761. The highest BCUT2D eigenvalue weighted by Crippen LogP contribution is 2.17. The van der Waals surface area contributed by atoms with Gasteiger partial charge < -0.3 is 23.9 Å². The highest BCUT2D eigenvalue weighted by atomic mass is 16.5. The fraction of sp³-hybridized carbons (Fsp3) is 0.421. The zero-order valence-corrected chi connectivity index (χ0v) is 15.2. The molecule has 142 valence electrons. The first-order valence-electron chi connectivity index (χ1n) is 9.21. The van der Waals surface area contributed by atoms with Gasteiger partial charge in [0.1, 0.15) is 5.76 Å². The van der Waals surface area contributed by atoms with E-state index in [-0.39, 0.29) is 5.91 Å². The van der Waals surface area contributed by atoms with E-state index in [1.54, 1.807) is 24.5 Å². The highest BCUT2D eigenvalue weighted by molar-refractivity contribution is 5.91. The van der Waals surface area contributed by atoms with Crippen LogP contribution in [0.25, 0.3) is 6.08 Å². The summed E-state index contributed by atoms with van der Waals surface area (Å²) in [6.45, 7) is 5.96. The number of rotatable bonds is 4. The maximum absolute atomic E-state index is 12.3. The highest BCUT2D eigenvalue weighted by Gasteiger charge is 2.21. The number of hydrogen-bond acceptors (Lipinski definition) is 7. The molecular weight excluding hydrogens is 346 g/mol. The second kappa shape index (κ2) is 8.22. The minimum Gasteiger partial charge on any atom is -0.465 e. The Hall–Kier alpha value is -2.87. The average molecular weight is 369 g/mol. The maximum Gasteiger partial charge on any atom is 0.246 e. The molecule has 2 aliphatic rings. The Morgan fingerprint density at radius 3 is 2.19 bits per heavy atom. The third-order valence-corrected chi connectivity index (χ3v) is 4.82. The van der Waals surface area contributed by atoms with E-state index in [0.717, 1.165) is 51.0 Å². The van der Waals surface area contributed by atoms with Crippen LogP contribution < -0.4 is 9.80 Å². The van der Waals surface area contributed by atoms with Gasteiger partial charge in [-0.3, -0.25) is 4.79 Å². The van der Waals surface area contributed by atoms with Crippen LogP contribution in [0, 0.1) is 0 Å². The van der Waals surface area contributed by atoms with Crippen molar-refractivity contribution in [1.82, 2.24) is 15.1 Å². The van der Waals surface area contributed by atoms with E-state index in [4.69, 9.17) is 9.15 Å². The number of piperazine rings is 1. The number of furan rings is 1. The minimum absolute atomic E-state index is 0.000186. The molecule has 0 spiro atoms. The molecule has 0 unspecified atom stereocenters. The van der Waals surface area contributed by atoms with Crippen LogP contribution in [0.15, 0.2) is 41.0 Å². The largest absolute Gasteiger partial charge is 0.465 e. The smallest absolute Gasteiger partial charge is 0.246 e. The van der Waals surface area contributed by atoms with Crippen molar-refractivity contribution in [3.63, 3.8) is 0 Å². The van der Waals surface area contributed by atoms with Crippen molar-refractivity contribution in [2.75, 3.05) is 62.3 Å². The van der Waals surface area contributed by atoms with Crippen molar-refractivity contribution in [2.24, 2.45) is 0 Å². The van der Waals surface area contributed by atoms with Crippen LogP contribution in [0.3, 0.4) is 0 Å². The lowest BCUT2D eigenvalue weighted by atomic mass is 10.3. The molecule has 2 aromatic rings. The molecule has 0 aromatic carbocycles. The summed E-state index contributed by atoms with van der Waals surface area (Å²) < 4.78 is 10.6. The molecule has 2 saturated heterocycles. The molecule has 2 fully saturated rings. The molecule has 0 bridgehead atoms. The summed E-state index contributed by atoms with van der Waals surface area (Å²) in [5, 5.41) is 8.75. The van der Waals surface area contributed by atoms with E-state index in [9.17, 15) is 4.79 Å². The van der Waals surface area contributed by atoms with Crippen LogP contribution >= 0.6 is 0 Å². The Labute approximate surface area is 158 Å². The monoisotopic (exact) mass is 369 g/mol. The molecule has 1 amide bonds. The third kappa shape index (κ3) is 4.28. The van der Waals surface area contributed by atoms with Gasteiger partial charge in [0.25, 0.3) is 0 Å². The van der Waals surface area contributed by atoms with Crippen molar-refractivity contribution >= 4 is 23.6 Å². The molecule has 0 radical (unpaired) electrons. The first-order chi connectivity index (χ1) is 13.3. The van der Waals surface area contributed by atoms with Gasteiger partial charge in [0.05, 0.1) is 19.5 Å². The van der Waals surface area contributed by atoms with E-state index in [2.05, 4.69) is 20.0 Å². The molecule has 8 heteroatoms. The standard InChI is InChI=1S/C19H23N5O3/c25-19(6-3-16-2-1-13-27-16)24-9-7-22(8-10-24)17-4-5-18(21-20-17)23-11-14-26-15-12-23/h1-6,13H,7-12,14-15H2/b6-3+. The fourth-order valence-corrected chi connectivity index (χ4v) is 3.25. The maximum atomic E-state index is 12.3. The Balaban J connectivity index is 1.30. The molecule has 27 heavy (non-hydrogen) atoms. The molecule has 0 aliphatic carbocycles. The van der Waals surface area contributed by atoms with Gasteiger partial charge in [0.2, 0.25) is 5.91 Å². The van der Waals surface area contributed by atoms with Gasteiger partial charge in [-0.2, -0.15) is 0 Å². The SMILES string of the molecule is O=C(/C=C/c1ccco1)N1CCN(c2ccc(N3CCOCC3)nn2)CC1. The van der Waals surface area contributed by atoms with Gasteiger partial charge in [0.15, 0.2) is 11.6 Å². The number of morpholine rings is 1. The minimum atomic E-state index is -0.000186. The lowest BCUT2D eigenvalue weighted by Crippen LogP contribution is -2.48. The second-order valence-corrected chi connectivity index (χ2v) is 6.51. The number of hydrogen-bond donors (Lipinski definition) is 0. The summed E-state index contributed by atoms with van der Waals surface area (Å²) in [6.07, 6.45) is 4.85. The number of carbonyl (C=O) groups excluding carboxylic acids is 1. The molecule has 0 atom stereocenters. The average Bonchev–Trinajstić information content (AvgIpc) is 3.27. The van der Waals surface area contributed by atoms with E-state index in [0.29, 0.717) is 18.8 Å². The number of nitrogens with zero attached hydrogens (tertiary/aromatic N) is 5. The summed E-state index contributed by atoms with van der Waals surface area (Å²) in [4.78, 5) is 18.5. The molecule has 4 heterocycles. The van der Waals surface area contributed by atoms with Crippen molar-refractivity contribution in [3.8, 4) is 0 Å². The predicted octanol–water partition coefficient (Wildman–Crippen LogP) is 1.27. The van der Waals surface area contributed by atoms with Crippen LogP contribution in [0.5, 0.6) is 0 Å². The van der Waals surface area contributed by atoms with E-state index in [1.165, 1.54) is 0 Å². The molecular formula is C19H23N5O3. The molecule has 2 aromatic heterocycles. The van der Waals surface area contributed by atoms with Crippen LogP contribution in [-0.2, 0) is 9.53 Å². The second-order valence-electron chi connectivity index (χ2n) is 6.51. The van der Waals surface area contributed by atoms with Crippen molar-refractivity contribution in [2.45, 2.75) is 0 Å². The Morgan fingerprint density at radius 1 is 0.926 bits per heavy atom. The zero-order valence-electron chi connectivity index (χ0n) is 15.2. The van der Waals surface area contributed by atoms with Gasteiger partial charge >= 0.3 is 0 Å². The van der Waals surface area contributed by atoms with E-state index in [1.807, 2.05) is 23.1 Å². The first-order valence-corrected chi connectivity index (χ1v) is 9.21. The van der Waals surface area contributed by atoms with Crippen molar-refractivity contribution in [3.05, 3.63) is 42.4 Å². The van der Waals surface area contributed by atoms with Crippen LogP contribution in [0.2, 0.25) is 0 Å². The number of carbonyl (C=O) groups is 1. The van der Waals surface area contributed by atoms with Gasteiger partial charge in [-0.05, 0) is 30.3 Å². The number of anilines is 2. The van der Waals surface area contributed by atoms with Crippen molar-refractivity contribution < 1.29 is 13.9 Å². The normalized spacial score (nSPS) is 18.3. The van der Waals surface area contributed by atoms with Gasteiger partial charge in [-0.25, -0.2) is 0 Å². The Morgan fingerprint density at radius 2 is 1.59 bits per heavy atom. The Kier molecular flexibility index (Phi) is 5.34. The number of ether oxygens (including phenoxy) is 1. The molecule has 8 nitrogen and oxygen atoms in total. The molecule has 2 aliphatic heterocycles. The lowest BCUT2D eigenvalue weighted by Gasteiger charge is -2.35. The molecule has 0 saturated carbocycles. The van der Waals surface area contributed by atoms with Crippen molar-refractivity contribution in [1.29, 1.82) is 0 Å². The van der Waals surface area contributed by atoms with Crippen LogP contribution in [0.1, 0.15) is 5.76 Å². The topological polar surface area (TPSA) is 74.9 Å². The first kappa shape index (κ1) is 17.5. The molecule has 4 rings (SSSR count). The van der Waals surface area contributed by atoms with Crippen LogP contribution in [-0.4, -0.2) is 73.5 Å². The van der Waals surface area contributed by atoms with Crippen LogP contribution in [0.4, 0.5) is 11.6 Å². The lowest BCUT2D eigenvalue weighted by molar-refractivity contribution is -0.126. The number of aromatic nitrogens is 2. The summed E-state index contributed by atoms with van der Waals surface area (Å²) in [5.41, 5.74) is 0. The van der Waals surface area contributed by atoms with Gasteiger partial charge in [0, 0.05) is 45.3 Å². The predicted molar refractivity (Wildman–Crippen MR) is 102 cm³/mol. The summed E-state index contributed by atoms with van der Waals surface area (Å²) >= 11 is 0. The summed E-state index contributed by atoms with van der Waals surface area (Å²) in [7, 11) is 0. The quantitative estimate of drug-likeness (QED) is 0.751. The summed E-state index contributed by atoms with van der Waals surface area (Å²) in [6, 6.07) is 7.64. The summed E-state index contributed by atoms with van der Waals surface area (Å²) in [5.74, 6) is 2.42.